The number of hydrogen-bond donors (Lipinski definition) is 1. The number of ether oxygens (including phenoxy) is 2. The van der Waals surface area contributed by atoms with Crippen molar-refractivity contribution in [3.8, 4) is 11.5 Å². The van der Waals surface area contributed by atoms with Gasteiger partial charge in [0.05, 0.1) is 19.7 Å². The van der Waals surface area contributed by atoms with Crippen LogP contribution in [0.4, 0.5) is 5.95 Å². The number of carbonyl (C=O) groups is 1. The van der Waals surface area contributed by atoms with Gasteiger partial charge >= 0.3 is 0 Å². The highest BCUT2D eigenvalue weighted by atomic mass is 16.5. The first-order chi connectivity index (χ1) is 13.1. The Hall–Kier alpha value is -2.61. The summed E-state index contributed by atoms with van der Waals surface area (Å²) in [5.74, 6) is 2.05. The smallest absolute Gasteiger partial charge is 0.238 e. The summed E-state index contributed by atoms with van der Waals surface area (Å²) in [6.45, 7) is 5.12. The molecule has 2 aromatic rings. The number of rotatable bonds is 6. The Bertz CT molecular complexity index is 798. The summed E-state index contributed by atoms with van der Waals surface area (Å²) >= 11 is 0. The highest BCUT2D eigenvalue weighted by Gasteiger charge is 2.19. The van der Waals surface area contributed by atoms with Crippen LogP contribution < -0.4 is 14.9 Å². The van der Waals surface area contributed by atoms with Gasteiger partial charge in [0.25, 0.3) is 0 Å². The van der Waals surface area contributed by atoms with Gasteiger partial charge in [-0.1, -0.05) is 6.92 Å². The fourth-order valence-corrected chi connectivity index (χ4v) is 3.20. The molecule has 0 atom stereocenters. The summed E-state index contributed by atoms with van der Waals surface area (Å²) < 4.78 is 10.7. The lowest BCUT2D eigenvalue weighted by atomic mass is 10.2. The number of fused-ring (bicyclic) bond motifs is 1. The maximum Gasteiger partial charge on any atom is 0.238 e. The van der Waals surface area contributed by atoms with Crippen LogP contribution in [0.5, 0.6) is 11.5 Å². The second-order valence-corrected chi connectivity index (χ2v) is 6.54. The van der Waals surface area contributed by atoms with E-state index in [2.05, 4.69) is 20.4 Å². The van der Waals surface area contributed by atoms with Crippen molar-refractivity contribution in [1.29, 1.82) is 0 Å². The molecule has 1 amide bonds. The summed E-state index contributed by atoms with van der Waals surface area (Å²) in [5.41, 5.74) is 4.05. The molecule has 1 fully saturated rings. The Morgan fingerprint density at radius 3 is 2.67 bits per heavy atom. The number of benzene rings is 1. The summed E-state index contributed by atoms with van der Waals surface area (Å²) in [6.07, 6.45) is 4.19. The first-order valence-corrected chi connectivity index (χ1v) is 9.32. The van der Waals surface area contributed by atoms with E-state index in [1.165, 1.54) is 0 Å². The first-order valence-electron chi connectivity index (χ1n) is 9.32. The van der Waals surface area contributed by atoms with Gasteiger partial charge in [0, 0.05) is 50.2 Å². The molecule has 1 aliphatic rings. The average molecular weight is 373 g/mol. The van der Waals surface area contributed by atoms with Gasteiger partial charge < -0.3 is 14.4 Å². The van der Waals surface area contributed by atoms with Crippen molar-refractivity contribution in [2.24, 2.45) is 0 Å². The quantitative estimate of drug-likeness (QED) is 0.832. The normalized spacial score (nSPS) is 15.4. The van der Waals surface area contributed by atoms with Crippen LogP contribution in [-0.2, 0) is 4.79 Å². The topological polar surface area (TPSA) is 79.8 Å². The Kier molecular flexibility index (Phi) is 6.28. The molecular weight excluding hydrogens is 346 g/mol. The van der Waals surface area contributed by atoms with Gasteiger partial charge in [0.15, 0.2) is 11.5 Å². The van der Waals surface area contributed by atoms with Gasteiger partial charge in [-0.2, -0.15) is 0 Å². The minimum absolute atomic E-state index is 0.238. The Balaban J connectivity index is 1.70. The van der Waals surface area contributed by atoms with Gasteiger partial charge in [-0.3, -0.25) is 10.2 Å². The lowest BCUT2D eigenvalue weighted by molar-refractivity contribution is -0.131. The molecular formula is C19H27N5O3. The third-order valence-corrected chi connectivity index (χ3v) is 4.66. The molecule has 1 N–H and O–H groups in total. The minimum Gasteiger partial charge on any atom is -0.493 e. The second-order valence-electron chi connectivity index (χ2n) is 6.54. The molecule has 27 heavy (non-hydrogen) atoms. The third-order valence-electron chi connectivity index (χ3n) is 4.66. The van der Waals surface area contributed by atoms with Crippen molar-refractivity contribution in [3.63, 3.8) is 0 Å². The van der Waals surface area contributed by atoms with E-state index in [9.17, 15) is 4.79 Å². The van der Waals surface area contributed by atoms with Crippen LogP contribution >= 0.6 is 0 Å². The molecule has 1 saturated heterocycles. The SMILES string of the molecule is CCCC(=O)N1CCCN(Nc2ncc3cc(OC)c(OC)cc3n2)CC1. The molecule has 1 aliphatic heterocycles. The molecule has 2 heterocycles. The number of amides is 1. The van der Waals surface area contributed by atoms with Crippen molar-refractivity contribution >= 4 is 22.8 Å². The molecule has 8 nitrogen and oxygen atoms in total. The van der Waals surface area contributed by atoms with E-state index in [1.54, 1.807) is 20.4 Å². The number of nitrogens with zero attached hydrogens (tertiary/aromatic N) is 4. The Morgan fingerprint density at radius 1 is 1.15 bits per heavy atom. The largest absolute Gasteiger partial charge is 0.493 e. The average Bonchev–Trinajstić information content (AvgIpc) is 2.92. The van der Waals surface area contributed by atoms with Crippen LogP contribution in [0, 0.1) is 0 Å². The van der Waals surface area contributed by atoms with E-state index in [-0.39, 0.29) is 5.91 Å². The summed E-state index contributed by atoms with van der Waals surface area (Å²) in [5, 5.41) is 2.95. The standard InChI is InChI=1S/C19H27N5O3/c1-4-6-18(25)23-7-5-8-24(10-9-23)22-19-20-13-14-11-16(26-2)17(27-3)12-15(14)21-19/h11-13H,4-10H2,1-3H3,(H,20,21,22). The van der Waals surface area contributed by atoms with Crippen LogP contribution in [0.15, 0.2) is 18.3 Å². The highest BCUT2D eigenvalue weighted by Crippen LogP contribution is 2.31. The van der Waals surface area contributed by atoms with Crippen molar-refractivity contribution < 1.29 is 14.3 Å². The van der Waals surface area contributed by atoms with Gasteiger partial charge in [-0.15, -0.1) is 0 Å². The summed E-state index contributed by atoms with van der Waals surface area (Å²) in [7, 11) is 3.21. The predicted molar refractivity (Wildman–Crippen MR) is 104 cm³/mol. The van der Waals surface area contributed by atoms with E-state index >= 15 is 0 Å². The van der Waals surface area contributed by atoms with Crippen molar-refractivity contribution in [3.05, 3.63) is 18.3 Å². The van der Waals surface area contributed by atoms with E-state index in [4.69, 9.17) is 9.47 Å². The Morgan fingerprint density at radius 2 is 1.93 bits per heavy atom. The van der Waals surface area contributed by atoms with Crippen molar-refractivity contribution in [1.82, 2.24) is 19.9 Å². The van der Waals surface area contributed by atoms with Crippen LogP contribution in [0.3, 0.4) is 0 Å². The van der Waals surface area contributed by atoms with Gasteiger partial charge in [0.1, 0.15) is 0 Å². The zero-order chi connectivity index (χ0) is 19.2. The van der Waals surface area contributed by atoms with E-state index < -0.39 is 0 Å². The number of nitrogens with one attached hydrogen (secondary N) is 1. The van der Waals surface area contributed by atoms with E-state index in [1.807, 2.05) is 24.0 Å². The van der Waals surface area contributed by atoms with Crippen molar-refractivity contribution in [2.75, 3.05) is 45.8 Å². The predicted octanol–water partition coefficient (Wildman–Crippen LogP) is 2.31. The van der Waals surface area contributed by atoms with E-state index in [0.29, 0.717) is 30.4 Å². The fourth-order valence-electron chi connectivity index (χ4n) is 3.20. The lowest BCUT2D eigenvalue weighted by Gasteiger charge is -2.22. The van der Waals surface area contributed by atoms with Crippen LogP contribution in [0.25, 0.3) is 10.9 Å². The molecule has 0 unspecified atom stereocenters. The molecule has 146 valence electrons. The number of hydrogen-bond acceptors (Lipinski definition) is 7. The van der Waals surface area contributed by atoms with Crippen LogP contribution in [-0.4, -0.2) is 66.2 Å². The number of aromatic nitrogens is 2. The highest BCUT2D eigenvalue weighted by molar-refractivity contribution is 5.82. The van der Waals surface area contributed by atoms with E-state index in [0.717, 1.165) is 43.4 Å². The minimum atomic E-state index is 0.238. The van der Waals surface area contributed by atoms with Crippen LogP contribution in [0.1, 0.15) is 26.2 Å². The molecule has 0 spiro atoms. The molecule has 8 heteroatoms. The van der Waals surface area contributed by atoms with Crippen LogP contribution in [0.2, 0.25) is 0 Å². The molecule has 0 radical (unpaired) electrons. The number of carbonyl (C=O) groups excluding carboxylic acids is 1. The number of methoxy groups -OCH3 is 2. The fraction of sp³-hybridized carbons (Fsp3) is 0.526. The first kappa shape index (κ1) is 19.2. The molecule has 1 aromatic heterocycles. The molecule has 1 aromatic carbocycles. The lowest BCUT2D eigenvalue weighted by Crippen LogP contribution is -2.37. The van der Waals surface area contributed by atoms with Gasteiger partial charge in [-0.05, 0) is 18.9 Å². The number of anilines is 1. The molecule has 0 saturated carbocycles. The second kappa shape index (κ2) is 8.85. The molecule has 0 bridgehead atoms. The van der Waals surface area contributed by atoms with Crippen molar-refractivity contribution in [2.45, 2.75) is 26.2 Å². The molecule has 0 aliphatic carbocycles. The summed E-state index contributed by atoms with van der Waals surface area (Å²) in [4.78, 5) is 23.1. The van der Waals surface area contributed by atoms with Gasteiger partial charge in [0.2, 0.25) is 11.9 Å². The zero-order valence-corrected chi connectivity index (χ0v) is 16.2. The number of hydrazine groups is 1. The zero-order valence-electron chi connectivity index (χ0n) is 16.2. The monoisotopic (exact) mass is 373 g/mol. The van der Waals surface area contributed by atoms with Gasteiger partial charge in [-0.25, -0.2) is 15.0 Å². The maximum absolute atomic E-state index is 12.1. The molecule has 3 rings (SSSR count). The maximum atomic E-state index is 12.1. The summed E-state index contributed by atoms with van der Waals surface area (Å²) in [6, 6.07) is 3.70. The Labute approximate surface area is 159 Å². The third kappa shape index (κ3) is 4.57.